The lowest BCUT2D eigenvalue weighted by Crippen LogP contribution is -2.41. The topological polar surface area (TPSA) is 115 Å². The zero-order valence-corrected chi connectivity index (χ0v) is 10.9. The van der Waals surface area contributed by atoms with Crippen LogP contribution in [0.3, 0.4) is 0 Å². The highest BCUT2D eigenvalue weighted by Gasteiger charge is 2.31. The maximum atomic E-state index is 11.0. The monoisotopic (exact) mass is 281 g/mol. The van der Waals surface area contributed by atoms with Gasteiger partial charge in [-0.25, -0.2) is 9.78 Å². The van der Waals surface area contributed by atoms with Crippen molar-refractivity contribution in [3.63, 3.8) is 0 Å². The highest BCUT2D eigenvalue weighted by Crippen LogP contribution is 2.30. The molecule has 1 saturated carbocycles. The normalized spacial score (nSPS) is 21.1. The predicted octanol–water partition coefficient (Wildman–Crippen LogP) is 1.67. The maximum absolute atomic E-state index is 11.0. The summed E-state index contributed by atoms with van der Waals surface area (Å²) in [7, 11) is 0. The lowest BCUT2D eigenvalue weighted by Gasteiger charge is -2.35. The van der Waals surface area contributed by atoms with E-state index in [0.29, 0.717) is 6.61 Å². The minimum absolute atomic E-state index is 0.0634. The molecule has 1 heterocycles. The number of anilines is 1. The fourth-order valence-corrected chi connectivity index (χ4v) is 2.07. The zero-order chi connectivity index (χ0) is 14.7. The van der Waals surface area contributed by atoms with E-state index in [1.807, 2.05) is 6.92 Å². The van der Waals surface area contributed by atoms with Crippen LogP contribution in [0.2, 0.25) is 0 Å². The van der Waals surface area contributed by atoms with E-state index in [2.05, 4.69) is 10.3 Å². The Kier molecular flexibility index (Phi) is 4.14. The van der Waals surface area contributed by atoms with Gasteiger partial charge in [0.2, 0.25) is 5.82 Å². The number of pyridine rings is 1. The van der Waals surface area contributed by atoms with Gasteiger partial charge in [-0.2, -0.15) is 0 Å². The lowest BCUT2D eigenvalue weighted by molar-refractivity contribution is -0.384. The van der Waals surface area contributed by atoms with Crippen LogP contribution in [0.25, 0.3) is 0 Å². The Labute approximate surface area is 114 Å². The fourth-order valence-electron chi connectivity index (χ4n) is 2.07. The van der Waals surface area contributed by atoms with E-state index in [1.165, 1.54) is 0 Å². The average molecular weight is 281 g/mol. The first-order chi connectivity index (χ1) is 9.51. The Balaban J connectivity index is 2.08. The van der Waals surface area contributed by atoms with E-state index < -0.39 is 10.9 Å². The summed E-state index contributed by atoms with van der Waals surface area (Å²) in [5.41, 5.74) is -0.534. The zero-order valence-electron chi connectivity index (χ0n) is 10.9. The molecule has 0 aliphatic heterocycles. The van der Waals surface area contributed by atoms with Gasteiger partial charge in [-0.3, -0.25) is 10.1 Å². The molecular formula is C12H15N3O5. The number of rotatable bonds is 6. The van der Waals surface area contributed by atoms with Crippen LogP contribution >= 0.6 is 0 Å². The Morgan fingerprint density at radius 2 is 2.35 bits per heavy atom. The third-order valence-electron chi connectivity index (χ3n) is 3.15. The number of hydrogen-bond donors (Lipinski definition) is 2. The van der Waals surface area contributed by atoms with Gasteiger partial charge in [0.05, 0.1) is 16.6 Å². The molecule has 20 heavy (non-hydrogen) atoms. The van der Waals surface area contributed by atoms with Crippen LogP contribution in [-0.4, -0.2) is 39.7 Å². The van der Waals surface area contributed by atoms with Crippen molar-refractivity contribution < 1.29 is 19.6 Å². The summed E-state index contributed by atoms with van der Waals surface area (Å²) in [6.07, 6.45) is 2.80. The number of hydrogen-bond acceptors (Lipinski definition) is 6. The third kappa shape index (κ3) is 3.02. The van der Waals surface area contributed by atoms with Crippen LogP contribution in [-0.2, 0) is 4.74 Å². The number of aromatic nitrogens is 1. The quantitative estimate of drug-likeness (QED) is 0.602. The summed E-state index contributed by atoms with van der Waals surface area (Å²) in [4.78, 5) is 25.0. The molecule has 1 aliphatic rings. The fraction of sp³-hybridized carbons (Fsp3) is 0.500. The van der Waals surface area contributed by atoms with Gasteiger partial charge in [0, 0.05) is 24.9 Å². The molecule has 108 valence electrons. The Morgan fingerprint density at radius 1 is 1.65 bits per heavy atom. The van der Waals surface area contributed by atoms with E-state index >= 15 is 0 Å². The summed E-state index contributed by atoms with van der Waals surface area (Å²) < 4.78 is 5.40. The maximum Gasteiger partial charge on any atom is 0.337 e. The molecule has 0 aromatic carbocycles. The summed E-state index contributed by atoms with van der Waals surface area (Å²) in [5, 5.41) is 22.7. The Morgan fingerprint density at radius 3 is 2.90 bits per heavy atom. The predicted molar refractivity (Wildman–Crippen MR) is 69.9 cm³/mol. The van der Waals surface area contributed by atoms with Crippen molar-refractivity contribution in [3.8, 4) is 0 Å². The van der Waals surface area contributed by atoms with Crippen molar-refractivity contribution in [3.05, 3.63) is 27.9 Å². The molecule has 0 bridgehead atoms. The Hall–Kier alpha value is -2.22. The summed E-state index contributed by atoms with van der Waals surface area (Å²) in [6, 6.07) is 1.07. The van der Waals surface area contributed by atoms with E-state index in [-0.39, 0.29) is 29.2 Å². The standard InChI is InChI=1S/C12H15N3O5/c1-2-20-9-4-8(5-9)14-11-10(15(18)19)3-7(6-13-11)12(16)17/h3,6,8-9H,2,4-5H2,1H3,(H,13,14)(H,16,17). The van der Waals surface area contributed by atoms with Crippen LogP contribution in [0.1, 0.15) is 30.1 Å². The number of carboxylic acid groups (broad SMARTS) is 1. The van der Waals surface area contributed by atoms with E-state index in [0.717, 1.165) is 25.1 Å². The highest BCUT2D eigenvalue weighted by atomic mass is 16.6. The van der Waals surface area contributed by atoms with Crippen LogP contribution in [0.4, 0.5) is 11.5 Å². The molecular weight excluding hydrogens is 266 g/mol. The Bertz CT molecular complexity index is 528. The molecule has 0 atom stereocenters. The van der Waals surface area contributed by atoms with Gasteiger partial charge in [0.25, 0.3) is 0 Å². The number of nitrogens with zero attached hydrogens (tertiary/aromatic N) is 2. The highest BCUT2D eigenvalue weighted by molar-refractivity contribution is 5.88. The summed E-state index contributed by atoms with van der Waals surface area (Å²) >= 11 is 0. The van der Waals surface area contributed by atoms with Gasteiger partial charge in [-0.15, -0.1) is 0 Å². The summed E-state index contributed by atoms with van der Waals surface area (Å²) in [6.45, 7) is 2.56. The second-order valence-corrected chi connectivity index (χ2v) is 4.54. The van der Waals surface area contributed by atoms with Gasteiger partial charge in [-0.1, -0.05) is 0 Å². The molecule has 0 saturated heterocycles. The largest absolute Gasteiger partial charge is 0.478 e. The van der Waals surface area contributed by atoms with Crippen LogP contribution in [0, 0.1) is 10.1 Å². The first-order valence-corrected chi connectivity index (χ1v) is 6.27. The molecule has 2 N–H and O–H groups in total. The van der Waals surface area contributed by atoms with Gasteiger partial charge < -0.3 is 15.2 Å². The molecule has 1 aliphatic carbocycles. The first-order valence-electron chi connectivity index (χ1n) is 6.27. The average Bonchev–Trinajstić information content (AvgIpc) is 2.36. The number of nitro groups is 1. The molecule has 8 heteroatoms. The van der Waals surface area contributed by atoms with Crippen LogP contribution in [0.5, 0.6) is 0 Å². The van der Waals surface area contributed by atoms with E-state index in [4.69, 9.17) is 9.84 Å². The van der Waals surface area contributed by atoms with Crippen molar-refractivity contribution >= 4 is 17.5 Å². The van der Waals surface area contributed by atoms with Crippen molar-refractivity contribution in [2.24, 2.45) is 0 Å². The van der Waals surface area contributed by atoms with Crippen molar-refractivity contribution in [2.75, 3.05) is 11.9 Å². The molecule has 0 radical (unpaired) electrons. The number of carboxylic acids is 1. The minimum Gasteiger partial charge on any atom is -0.478 e. The molecule has 1 fully saturated rings. The second-order valence-electron chi connectivity index (χ2n) is 4.54. The molecule has 8 nitrogen and oxygen atoms in total. The van der Waals surface area contributed by atoms with Crippen molar-refractivity contribution in [1.82, 2.24) is 4.98 Å². The molecule has 1 aromatic heterocycles. The van der Waals surface area contributed by atoms with Gasteiger partial charge in [0.1, 0.15) is 0 Å². The van der Waals surface area contributed by atoms with Gasteiger partial charge in [0.15, 0.2) is 0 Å². The van der Waals surface area contributed by atoms with Crippen molar-refractivity contribution in [2.45, 2.75) is 31.9 Å². The minimum atomic E-state index is -1.24. The molecule has 2 rings (SSSR count). The molecule has 0 spiro atoms. The van der Waals surface area contributed by atoms with E-state index in [1.54, 1.807) is 0 Å². The number of ether oxygens (including phenoxy) is 1. The number of carbonyl (C=O) groups is 1. The van der Waals surface area contributed by atoms with E-state index in [9.17, 15) is 14.9 Å². The smallest absolute Gasteiger partial charge is 0.337 e. The molecule has 0 amide bonds. The summed E-state index contributed by atoms with van der Waals surface area (Å²) in [5.74, 6) is -1.15. The third-order valence-corrected chi connectivity index (χ3v) is 3.15. The lowest BCUT2D eigenvalue weighted by atomic mass is 9.89. The molecule has 1 aromatic rings. The van der Waals surface area contributed by atoms with Crippen molar-refractivity contribution in [1.29, 1.82) is 0 Å². The first kappa shape index (κ1) is 14.2. The van der Waals surface area contributed by atoms with Crippen LogP contribution < -0.4 is 5.32 Å². The second kappa shape index (κ2) is 5.83. The SMILES string of the molecule is CCOC1CC(Nc2ncc(C(=O)O)cc2[N+](=O)[O-])C1. The van der Waals surface area contributed by atoms with Crippen LogP contribution in [0.15, 0.2) is 12.3 Å². The van der Waals surface area contributed by atoms with Gasteiger partial charge >= 0.3 is 11.7 Å². The number of aromatic carboxylic acids is 1. The number of nitrogens with one attached hydrogen (secondary N) is 1. The van der Waals surface area contributed by atoms with Gasteiger partial charge in [-0.05, 0) is 19.8 Å². The molecule has 0 unspecified atom stereocenters.